The summed E-state index contributed by atoms with van der Waals surface area (Å²) in [4.78, 5) is 24.1. The van der Waals surface area contributed by atoms with E-state index in [1.807, 2.05) is 65.0 Å². The first-order valence-electron chi connectivity index (χ1n) is 8.49. The van der Waals surface area contributed by atoms with Crippen molar-refractivity contribution >= 4 is 11.8 Å². The Morgan fingerprint density at radius 3 is 2.29 bits per heavy atom. The molecule has 5 nitrogen and oxygen atoms in total. The molecule has 0 aromatic heterocycles. The molecule has 0 spiro atoms. The summed E-state index contributed by atoms with van der Waals surface area (Å²) in [6.07, 6.45) is 1.43. The van der Waals surface area contributed by atoms with E-state index in [0.717, 1.165) is 6.42 Å². The zero-order valence-electron chi connectivity index (χ0n) is 15.4. The molecule has 0 radical (unpaired) electrons. The lowest BCUT2D eigenvalue weighted by atomic mass is 9.85. The van der Waals surface area contributed by atoms with Crippen LogP contribution in [-0.2, 0) is 9.59 Å². The van der Waals surface area contributed by atoms with Crippen LogP contribution < -0.4 is 15.4 Å². The Labute approximate surface area is 145 Å². The largest absolute Gasteiger partial charge is 0.484 e. The van der Waals surface area contributed by atoms with Crippen molar-refractivity contribution in [1.29, 1.82) is 0 Å². The van der Waals surface area contributed by atoms with Crippen LogP contribution in [0.4, 0.5) is 0 Å². The molecule has 0 aliphatic rings. The van der Waals surface area contributed by atoms with E-state index in [-0.39, 0.29) is 30.5 Å². The smallest absolute Gasteiger partial charge is 0.258 e. The summed E-state index contributed by atoms with van der Waals surface area (Å²) in [6.45, 7) is 9.69. The number of hydrogen-bond donors (Lipinski definition) is 2. The number of ether oxygens (including phenoxy) is 1. The van der Waals surface area contributed by atoms with Gasteiger partial charge in [0.2, 0.25) is 5.91 Å². The molecule has 1 unspecified atom stereocenters. The van der Waals surface area contributed by atoms with Gasteiger partial charge in [0.25, 0.3) is 5.91 Å². The normalized spacial score (nSPS) is 12.6. The zero-order valence-corrected chi connectivity index (χ0v) is 15.4. The standard InChI is InChI=1S/C19H30N2O3/c1-14(2)20-18(23)19(4,5)12-11-15(3)21-17(22)13-24-16-9-7-6-8-10-16/h6-10,14-15H,11-13H2,1-5H3,(H,20,23)(H,21,22). The quantitative estimate of drug-likeness (QED) is 0.730. The maximum atomic E-state index is 12.2. The summed E-state index contributed by atoms with van der Waals surface area (Å²) in [7, 11) is 0. The highest BCUT2D eigenvalue weighted by Gasteiger charge is 2.28. The number of hydrogen-bond acceptors (Lipinski definition) is 3. The van der Waals surface area contributed by atoms with E-state index in [2.05, 4.69) is 10.6 Å². The highest BCUT2D eigenvalue weighted by atomic mass is 16.5. The topological polar surface area (TPSA) is 67.4 Å². The fourth-order valence-electron chi connectivity index (χ4n) is 2.20. The first-order valence-corrected chi connectivity index (χ1v) is 8.49. The van der Waals surface area contributed by atoms with Gasteiger partial charge in [0, 0.05) is 17.5 Å². The molecular formula is C19H30N2O3. The minimum Gasteiger partial charge on any atom is -0.484 e. The minimum absolute atomic E-state index is 0.00835. The lowest BCUT2D eigenvalue weighted by Gasteiger charge is -2.26. The molecule has 0 saturated carbocycles. The van der Waals surface area contributed by atoms with Gasteiger partial charge in [-0.05, 0) is 45.7 Å². The summed E-state index contributed by atoms with van der Waals surface area (Å²) in [6, 6.07) is 9.36. The minimum atomic E-state index is -0.455. The third-order valence-electron chi connectivity index (χ3n) is 3.76. The number of benzene rings is 1. The summed E-state index contributed by atoms with van der Waals surface area (Å²) >= 11 is 0. The van der Waals surface area contributed by atoms with Crippen LogP contribution in [0.2, 0.25) is 0 Å². The second kappa shape index (κ2) is 9.30. The van der Waals surface area contributed by atoms with E-state index >= 15 is 0 Å². The van der Waals surface area contributed by atoms with E-state index in [0.29, 0.717) is 12.2 Å². The molecule has 0 saturated heterocycles. The summed E-state index contributed by atoms with van der Waals surface area (Å²) in [5, 5.41) is 5.85. The van der Waals surface area contributed by atoms with Crippen molar-refractivity contribution in [3.05, 3.63) is 30.3 Å². The highest BCUT2D eigenvalue weighted by molar-refractivity contribution is 5.82. The van der Waals surface area contributed by atoms with Crippen LogP contribution >= 0.6 is 0 Å². The number of amides is 2. The molecule has 134 valence electrons. The maximum absolute atomic E-state index is 12.2. The molecule has 1 atom stereocenters. The number of nitrogens with one attached hydrogen (secondary N) is 2. The van der Waals surface area contributed by atoms with E-state index in [9.17, 15) is 9.59 Å². The predicted molar refractivity (Wildman–Crippen MR) is 95.8 cm³/mol. The van der Waals surface area contributed by atoms with Gasteiger partial charge in [-0.1, -0.05) is 32.0 Å². The van der Waals surface area contributed by atoms with E-state index in [1.165, 1.54) is 0 Å². The number of carbonyl (C=O) groups is 2. The SMILES string of the molecule is CC(C)NC(=O)C(C)(C)CCC(C)NC(=O)COc1ccccc1. The van der Waals surface area contributed by atoms with Crippen LogP contribution in [0.25, 0.3) is 0 Å². The van der Waals surface area contributed by atoms with Crippen molar-refractivity contribution in [2.24, 2.45) is 5.41 Å². The fraction of sp³-hybridized carbons (Fsp3) is 0.579. The Kier molecular flexibility index (Phi) is 7.75. The molecule has 0 bridgehead atoms. The molecule has 0 aliphatic carbocycles. The number of carbonyl (C=O) groups excluding carboxylic acids is 2. The lowest BCUT2D eigenvalue weighted by molar-refractivity contribution is -0.130. The molecule has 1 rings (SSSR count). The Morgan fingerprint density at radius 1 is 1.08 bits per heavy atom. The second-order valence-electron chi connectivity index (χ2n) is 7.12. The highest BCUT2D eigenvalue weighted by Crippen LogP contribution is 2.23. The number of para-hydroxylation sites is 1. The Balaban J connectivity index is 2.33. The van der Waals surface area contributed by atoms with Crippen LogP contribution in [0, 0.1) is 5.41 Å². The van der Waals surface area contributed by atoms with Crippen molar-refractivity contribution < 1.29 is 14.3 Å². The van der Waals surface area contributed by atoms with Crippen molar-refractivity contribution in [2.45, 2.75) is 59.5 Å². The van der Waals surface area contributed by atoms with Crippen molar-refractivity contribution in [3.8, 4) is 5.75 Å². The fourth-order valence-corrected chi connectivity index (χ4v) is 2.20. The Hall–Kier alpha value is -2.04. The Morgan fingerprint density at radius 2 is 1.71 bits per heavy atom. The summed E-state index contributed by atoms with van der Waals surface area (Å²) < 4.78 is 5.42. The van der Waals surface area contributed by atoms with Crippen LogP contribution in [-0.4, -0.2) is 30.5 Å². The van der Waals surface area contributed by atoms with Crippen molar-refractivity contribution in [2.75, 3.05) is 6.61 Å². The Bertz CT molecular complexity index is 527. The summed E-state index contributed by atoms with van der Waals surface area (Å²) in [5.41, 5.74) is -0.455. The van der Waals surface area contributed by atoms with Crippen molar-refractivity contribution in [3.63, 3.8) is 0 Å². The molecular weight excluding hydrogens is 304 g/mol. The molecule has 0 fully saturated rings. The predicted octanol–water partition coefficient (Wildman–Crippen LogP) is 2.90. The van der Waals surface area contributed by atoms with E-state index in [1.54, 1.807) is 0 Å². The summed E-state index contributed by atoms with van der Waals surface area (Å²) in [5.74, 6) is 0.561. The van der Waals surface area contributed by atoms with E-state index < -0.39 is 5.41 Å². The van der Waals surface area contributed by atoms with Gasteiger partial charge in [-0.25, -0.2) is 0 Å². The van der Waals surface area contributed by atoms with Gasteiger partial charge in [-0.2, -0.15) is 0 Å². The first kappa shape index (κ1) is 20.0. The second-order valence-corrected chi connectivity index (χ2v) is 7.12. The molecule has 0 aliphatic heterocycles. The molecule has 1 aromatic carbocycles. The van der Waals surface area contributed by atoms with Crippen molar-refractivity contribution in [1.82, 2.24) is 10.6 Å². The van der Waals surface area contributed by atoms with Gasteiger partial charge >= 0.3 is 0 Å². The third kappa shape index (κ3) is 7.49. The van der Waals surface area contributed by atoms with Gasteiger partial charge in [0.1, 0.15) is 5.75 Å². The van der Waals surface area contributed by atoms with Crippen LogP contribution in [0.15, 0.2) is 30.3 Å². The molecule has 2 amide bonds. The van der Waals surface area contributed by atoms with Gasteiger partial charge < -0.3 is 15.4 Å². The van der Waals surface area contributed by atoms with Gasteiger partial charge in [0.05, 0.1) is 0 Å². The average Bonchev–Trinajstić information content (AvgIpc) is 2.51. The van der Waals surface area contributed by atoms with Crippen LogP contribution in [0.1, 0.15) is 47.5 Å². The van der Waals surface area contributed by atoms with Gasteiger partial charge in [-0.3, -0.25) is 9.59 Å². The molecule has 24 heavy (non-hydrogen) atoms. The molecule has 1 aromatic rings. The monoisotopic (exact) mass is 334 g/mol. The third-order valence-corrected chi connectivity index (χ3v) is 3.76. The average molecular weight is 334 g/mol. The number of rotatable bonds is 9. The maximum Gasteiger partial charge on any atom is 0.258 e. The molecule has 5 heteroatoms. The molecule has 2 N–H and O–H groups in total. The zero-order chi connectivity index (χ0) is 18.2. The first-order chi connectivity index (χ1) is 11.2. The lowest BCUT2D eigenvalue weighted by Crippen LogP contribution is -2.42. The van der Waals surface area contributed by atoms with Gasteiger partial charge in [0.15, 0.2) is 6.61 Å². The van der Waals surface area contributed by atoms with E-state index in [4.69, 9.17) is 4.74 Å². The van der Waals surface area contributed by atoms with Crippen LogP contribution in [0.3, 0.4) is 0 Å². The van der Waals surface area contributed by atoms with Crippen LogP contribution in [0.5, 0.6) is 5.75 Å². The van der Waals surface area contributed by atoms with Gasteiger partial charge in [-0.15, -0.1) is 0 Å². The molecule has 0 heterocycles.